The van der Waals surface area contributed by atoms with Crippen LogP contribution in [0.3, 0.4) is 0 Å². The van der Waals surface area contributed by atoms with Crippen molar-refractivity contribution in [2.45, 2.75) is 83.7 Å². The molecule has 2 aliphatic rings. The number of amides is 1. The maximum Gasteiger partial charge on any atom is 0.227 e. The summed E-state index contributed by atoms with van der Waals surface area (Å²) in [4.78, 5) is 19.2. The second-order valence-electron chi connectivity index (χ2n) is 7.54. The summed E-state index contributed by atoms with van der Waals surface area (Å²) in [5, 5.41) is 12.8. The van der Waals surface area contributed by atoms with E-state index in [-0.39, 0.29) is 11.9 Å². The normalized spacial score (nSPS) is 19.9. The molecule has 4 heterocycles. The zero-order valence-corrected chi connectivity index (χ0v) is 16.1. The van der Waals surface area contributed by atoms with Gasteiger partial charge in [0.25, 0.3) is 0 Å². The molecule has 0 N–H and O–H groups in total. The molecule has 2 aliphatic heterocycles. The average molecular weight is 372 g/mol. The van der Waals surface area contributed by atoms with Crippen molar-refractivity contribution in [3.63, 3.8) is 0 Å². The van der Waals surface area contributed by atoms with Gasteiger partial charge in [0.1, 0.15) is 5.82 Å². The summed E-state index contributed by atoms with van der Waals surface area (Å²) in [5.74, 6) is 3.47. The predicted octanol–water partition coefficient (Wildman–Crippen LogP) is 2.64. The number of rotatable bonds is 6. The van der Waals surface area contributed by atoms with Gasteiger partial charge in [-0.1, -0.05) is 18.5 Å². The Morgan fingerprint density at radius 2 is 2.07 bits per heavy atom. The minimum Gasteiger partial charge on any atom is -0.339 e. The van der Waals surface area contributed by atoms with Crippen LogP contribution < -0.4 is 0 Å². The molecule has 2 aromatic heterocycles. The average Bonchev–Trinajstić information content (AvgIpc) is 3.37. The van der Waals surface area contributed by atoms with Crippen LogP contribution in [0, 0.1) is 0 Å². The van der Waals surface area contributed by atoms with E-state index in [1.165, 1.54) is 12.8 Å². The zero-order chi connectivity index (χ0) is 18.6. The Balaban J connectivity index is 1.42. The van der Waals surface area contributed by atoms with Crippen LogP contribution in [0.5, 0.6) is 0 Å². The molecule has 0 spiro atoms. The third-order valence-corrected chi connectivity index (χ3v) is 5.55. The van der Waals surface area contributed by atoms with Crippen LogP contribution >= 0.6 is 0 Å². The summed E-state index contributed by atoms with van der Waals surface area (Å²) in [7, 11) is 0. The highest BCUT2D eigenvalue weighted by Gasteiger charge is 2.34. The van der Waals surface area contributed by atoms with Gasteiger partial charge in [0, 0.05) is 38.8 Å². The van der Waals surface area contributed by atoms with Gasteiger partial charge >= 0.3 is 0 Å². The van der Waals surface area contributed by atoms with Gasteiger partial charge in [-0.05, 0) is 32.1 Å². The second kappa shape index (κ2) is 8.19. The lowest BCUT2D eigenvalue weighted by Gasteiger charge is -2.24. The molecular formula is C19H28N6O2. The fourth-order valence-corrected chi connectivity index (χ4v) is 4.16. The number of aromatic nitrogens is 5. The summed E-state index contributed by atoms with van der Waals surface area (Å²) < 4.78 is 7.52. The lowest BCUT2D eigenvalue weighted by atomic mass is 10.2. The molecule has 8 nitrogen and oxygen atoms in total. The maximum absolute atomic E-state index is 12.9. The van der Waals surface area contributed by atoms with Crippen molar-refractivity contribution in [1.82, 2.24) is 29.8 Å². The number of likely N-dealkylation sites (tertiary alicyclic amines) is 1. The van der Waals surface area contributed by atoms with Crippen molar-refractivity contribution in [1.29, 1.82) is 0 Å². The number of fused-ring (bicyclic) bond motifs is 1. The highest BCUT2D eigenvalue weighted by molar-refractivity contribution is 5.77. The molecule has 1 atom stereocenters. The molecule has 0 aliphatic carbocycles. The number of aryl methyl sites for hydroxylation is 3. The number of hydrogen-bond donors (Lipinski definition) is 0. The monoisotopic (exact) mass is 372 g/mol. The first-order chi connectivity index (χ1) is 13.3. The Labute approximate surface area is 159 Å². The highest BCUT2D eigenvalue weighted by atomic mass is 16.5. The summed E-state index contributed by atoms with van der Waals surface area (Å²) in [6, 6.07) is 0.0511. The molecule has 146 valence electrons. The van der Waals surface area contributed by atoms with E-state index in [2.05, 4.69) is 31.8 Å². The third-order valence-electron chi connectivity index (χ3n) is 5.55. The Hall–Kier alpha value is -2.25. The van der Waals surface area contributed by atoms with Crippen LogP contribution in [0.25, 0.3) is 0 Å². The van der Waals surface area contributed by atoms with E-state index in [1.54, 1.807) is 0 Å². The largest absolute Gasteiger partial charge is 0.339 e. The Morgan fingerprint density at radius 3 is 2.96 bits per heavy atom. The van der Waals surface area contributed by atoms with Crippen LogP contribution in [0.4, 0.5) is 0 Å². The van der Waals surface area contributed by atoms with E-state index >= 15 is 0 Å². The summed E-state index contributed by atoms with van der Waals surface area (Å²) in [5.41, 5.74) is 0. The standard InChI is InChI=1S/C19H28N6O2/c1-2-7-15-20-17(27-23-15)10-11-18(26)24-13-6-8-14(24)19-22-21-16-9-4-3-5-12-25(16)19/h14H,2-13H2,1H3/t14-/m1/s1. The molecule has 0 aromatic carbocycles. The first-order valence-corrected chi connectivity index (χ1v) is 10.3. The van der Waals surface area contributed by atoms with Crippen LogP contribution in [0.2, 0.25) is 0 Å². The topological polar surface area (TPSA) is 89.9 Å². The number of carbonyl (C=O) groups excluding carboxylic acids is 1. The summed E-state index contributed by atoms with van der Waals surface area (Å²) >= 11 is 0. The van der Waals surface area contributed by atoms with Crippen LogP contribution in [-0.4, -0.2) is 42.3 Å². The van der Waals surface area contributed by atoms with Gasteiger partial charge in [0.2, 0.25) is 11.8 Å². The predicted molar refractivity (Wildman–Crippen MR) is 97.9 cm³/mol. The van der Waals surface area contributed by atoms with Gasteiger partial charge in [0.05, 0.1) is 6.04 Å². The van der Waals surface area contributed by atoms with E-state index in [0.717, 1.165) is 69.1 Å². The lowest BCUT2D eigenvalue weighted by molar-refractivity contribution is -0.132. The molecule has 0 bridgehead atoms. The molecule has 27 heavy (non-hydrogen) atoms. The van der Waals surface area contributed by atoms with Crippen LogP contribution in [-0.2, 0) is 30.6 Å². The fourth-order valence-electron chi connectivity index (χ4n) is 4.16. The zero-order valence-electron chi connectivity index (χ0n) is 16.1. The van der Waals surface area contributed by atoms with E-state index in [0.29, 0.717) is 18.7 Å². The van der Waals surface area contributed by atoms with Gasteiger partial charge in [-0.15, -0.1) is 10.2 Å². The smallest absolute Gasteiger partial charge is 0.227 e. The SMILES string of the molecule is CCCc1noc(CCC(=O)N2CCC[C@@H]2c2nnc3n2CCCCC3)n1. The third kappa shape index (κ3) is 3.89. The molecule has 1 saturated heterocycles. The molecule has 4 rings (SSSR count). The van der Waals surface area contributed by atoms with Crippen molar-refractivity contribution >= 4 is 5.91 Å². The van der Waals surface area contributed by atoms with E-state index in [9.17, 15) is 4.79 Å². The highest BCUT2D eigenvalue weighted by Crippen LogP contribution is 2.32. The quantitative estimate of drug-likeness (QED) is 0.774. The summed E-state index contributed by atoms with van der Waals surface area (Å²) in [6.45, 7) is 3.84. The minimum absolute atomic E-state index is 0.0511. The second-order valence-corrected chi connectivity index (χ2v) is 7.54. The van der Waals surface area contributed by atoms with Gasteiger partial charge in [-0.3, -0.25) is 4.79 Å². The molecule has 2 aromatic rings. The minimum atomic E-state index is 0.0511. The number of nitrogens with zero attached hydrogens (tertiary/aromatic N) is 6. The fraction of sp³-hybridized carbons (Fsp3) is 0.737. The Kier molecular flexibility index (Phi) is 5.50. The molecule has 1 amide bonds. The van der Waals surface area contributed by atoms with Crippen LogP contribution in [0.1, 0.15) is 81.3 Å². The van der Waals surface area contributed by atoms with Gasteiger partial charge in [-0.2, -0.15) is 4.98 Å². The van der Waals surface area contributed by atoms with Crippen molar-refractivity contribution < 1.29 is 9.32 Å². The van der Waals surface area contributed by atoms with E-state index in [1.807, 2.05) is 4.90 Å². The van der Waals surface area contributed by atoms with Gasteiger partial charge < -0.3 is 14.0 Å². The Morgan fingerprint density at radius 1 is 1.15 bits per heavy atom. The number of hydrogen-bond acceptors (Lipinski definition) is 6. The Bertz CT molecular complexity index is 783. The van der Waals surface area contributed by atoms with Gasteiger partial charge in [0.15, 0.2) is 11.6 Å². The van der Waals surface area contributed by atoms with E-state index < -0.39 is 0 Å². The van der Waals surface area contributed by atoms with Crippen molar-refractivity contribution in [2.24, 2.45) is 0 Å². The molecular weight excluding hydrogens is 344 g/mol. The molecule has 0 radical (unpaired) electrons. The number of carbonyl (C=O) groups is 1. The first kappa shape index (κ1) is 18.1. The van der Waals surface area contributed by atoms with Crippen molar-refractivity contribution in [3.8, 4) is 0 Å². The molecule has 8 heteroatoms. The summed E-state index contributed by atoms with van der Waals surface area (Å²) in [6.07, 6.45) is 9.23. The molecule has 0 saturated carbocycles. The maximum atomic E-state index is 12.9. The molecule has 1 fully saturated rings. The van der Waals surface area contributed by atoms with Crippen molar-refractivity contribution in [3.05, 3.63) is 23.4 Å². The van der Waals surface area contributed by atoms with Crippen LogP contribution in [0.15, 0.2) is 4.52 Å². The lowest BCUT2D eigenvalue weighted by Crippen LogP contribution is -2.32. The van der Waals surface area contributed by atoms with Gasteiger partial charge in [-0.25, -0.2) is 0 Å². The van der Waals surface area contributed by atoms with Crippen molar-refractivity contribution in [2.75, 3.05) is 6.54 Å². The first-order valence-electron chi connectivity index (χ1n) is 10.3. The van der Waals surface area contributed by atoms with E-state index in [4.69, 9.17) is 4.52 Å². The molecule has 0 unspecified atom stereocenters.